The number of rotatable bonds is 5. The van der Waals surface area contributed by atoms with Gasteiger partial charge in [0.25, 0.3) is 5.91 Å². The summed E-state index contributed by atoms with van der Waals surface area (Å²) in [6.07, 6.45) is 0. The van der Waals surface area contributed by atoms with Crippen molar-refractivity contribution in [1.29, 1.82) is 0 Å². The van der Waals surface area contributed by atoms with E-state index in [1.165, 1.54) is 11.3 Å². The van der Waals surface area contributed by atoms with Gasteiger partial charge in [-0.1, -0.05) is 18.2 Å². The Hall–Kier alpha value is -2.97. The molecule has 0 radical (unpaired) electrons. The monoisotopic (exact) mass is 382 g/mol. The second-order valence-corrected chi connectivity index (χ2v) is 7.14. The molecule has 0 saturated heterocycles. The van der Waals surface area contributed by atoms with Crippen LogP contribution in [-0.2, 0) is 0 Å². The molecule has 2 N–H and O–H groups in total. The Balaban J connectivity index is 1.51. The number of carbonyl (C=O) groups is 1. The minimum atomic E-state index is -0.290. The van der Waals surface area contributed by atoms with E-state index in [1.807, 2.05) is 41.8 Å². The van der Waals surface area contributed by atoms with Crippen molar-refractivity contribution in [2.24, 2.45) is 0 Å². The predicted molar refractivity (Wildman–Crippen MR) is 104 cm³/mol. The van der Waals surface area contributed by atoms with E-state index in [2.05, 4.69) is 20.5 Å². The third-order valence-corrected chi connectivity index (χ3v) is 5.57. The fourth-order valence-corrected chi connectivity index (χ4v) is 4.08. The van der Waals surface area contributed by atoms with Gasteiger partial charge in [0, 0.05) is 17.0 Å². The van der Waals surface area contributed by atoms with Crippen molar-refractivity contribution in [3.63, 3.8) is 0 Å². The average Bonchev–Trinajstić information content (AvgIpc) is 3.41. The van der Waals surface area contributed by atoms with Crippen LogP contribution in [0.2, 0.25) is 0 Å². The number of benzene rings is 1. The molecule has 1 amide bonds. The molecule has 0 aliphatic rings. The Morgan fingerprint density at radius 1 is 1.19 bits per heavy atom. The van der Waals surface area contributed by atoms with Crippen LogP contribution in [0, 0.1) is 0 Å². The van der Waals surface area contributed by atoms with Crippen LogP contribution in [-0.4, -0.2) is 28.2 Å². The summed E-state index contributed by atoms with van der Waals surface area (Å²) in [4.78, 5) is 17.9. The molecule has 0 bridgehead atoms. The first-order valence-corrected chi connectivity index (χ1v) is 9.50. The maximum Gasteiger partial charge on any atom is 0.276 e. The van der Waals surface area contributed by atoms with Gasteiger partial charge in [0.2, 0.25) is 0 Å². The average molecular weight is 382 g/mol. The lowest BCUT2D eigenvalue weighted by atomic mass is 10.1. The Bertz CT molecular complexity index is 1040. The van der Waals surface area contributed by atoms with Crippen LogP contribution < -0.4 is 10.1 Å². The van der Waals surface area contributed by atoms with E-state index >= 15 is 0 Å². The summed E-state index contributed by atoms with van der Waals surface area (Å²) in [6, 6.07) is 13.3. The summed E-state index contributed by atoms with van der Waals surface area (Å²) in [6.45, 7) is 0. The number of hydrogen-bond acceptors (Lipinski definition) is 6. The number of anilines is 1. The van der Waals surface area contributed by atoms with Crippen molar-refractivity contribution in [2.75, 3.05) is 12.4 Å². The number of ether oxygens (including phenoxy) is 1. The quantitative estimate of drug-likeness (QED) is 0.532. The zero-order chi connectivity index (χ0) is 17.9. The minimum absolute atomic E-state index is 0.290. The number of thiazole rings is 1. The van der Waals surface area contributed by atoms with E-state index < -0.39 is 0 Å². The van der Waals surface area contributed by atoms with Crippen molar-refractivity contribution in [3.8, 4) is 26.9 Å². The lowest BCUT2D eigenvalue weighted by Gasteiger charge is -2.04. The van der Waals surface area contributed by atoms with Crippen LogP contribution in [0.25, 0.3) is 21.1 Å². The second-order valence-electron chi connectivity index (χ2n) is 5.34. The van der Waals surface area contributed by atoms with Gasteiger partial charge < -0.3 is 10.1 Å². The molecular formula is C18H14N4O2S2. The highest BCUT2D eigenvalue weighted by molar-refractivity contribution is 7.20. The van der Waals surface area contributed by atoms with E-state index in [1.54, 1.807) is 29.9 Å². The number of hydrogen-bond donors (Lipinski definition) is 2. The summed E-state index contributed by atoms with van der Waals surface area (Å²) in [7, 11) is 1.62. The van der Waals surface area contributed by atoms with E-state index in [0.29, 0.717) is 11.5 Å². The summed E-state index contributed by atoms with van der Waals surface area (Å²) in [5, 5.41) is 14.4. The molecule has 0 unspecified atom stereocenters. The van der Waals surface area contributed by atoms with Gasteiger partial charge in [-0.3, -0.25) is 9.89 Å². The topological polar surface area (TPSA) is 79.9 Å². The number of aromatic nitrogens is 3. The molecule has 3 aromatic heterocycles. The lowest BCUT2D eigenvalue weighted by molar-refractivity contribution is 0.102. The largest absolute Gasteiger partial charge is 0.496 e. The molecule has 130 valence electrons. The Morgan fingerprint density at radius 2 is 2.08 bits per heavy atom. The number of nitrogens with zero attached hydrogens (tertiary/aromatic N) is 2. The molecule has 0 atom stereocenters. The SMILES string of the molecule is COc1ccccc1-c1cc(NC(=O)c2csc(-c3cccs3)n2)n[nH]1. The van der Waals surface area contributed by atoms with Crippen LogP contribution in [0.15, 0.2) is 53.2 Å². The Morgan fingerprint density at radius 3 is 2.88 bits per heavy atom. The molecule has 8 heteroatoms. The minimum Gasteiger partial charge on any atom is -0.496 e. The van der Waals surface area contributed by atoms with Gasteiger partial charge in [-0.2, -0.15) is 5.10 Å². The highest BCUT2D eigenvalue weighted by atomic mass is 32.1. The van der Waals surface area contributed by atoms with E-state index in [-0.39, 0.29) is 5.91 Å². The molecule has 0 fully saturated rings. The number of thiophene rings is 1. The molecule has 0 aliphatic carbocycles. The number of nitrogens with one attached hydrogen (secondary N) is 2. The number of aromatic amines is 1. The number of methoxy groups -OCH3 is 1. The van der Waals surface area contributed by atoms with Gasteiger partial charge >= 0.3 is 0 Å². The molecule has 0 aliphatic heterocycles. The number of amides is 1. The zero-order valence-electron chi connectivity index (χ0n) is 13.7. The summed E-state index contributed by atoms with van der Waals surface area (Å²) < 4.78 is 5.35. The third kappa shape index (κ3) is 3.24. The van der Waals surface area contributed by atoms with Gasteiger partial charge in [-0.15, -0.1) is 22.7 Å². The van der Waals surface area contributed by atoms with Crippen LogP contribution >= 0.6 is 22.7 Å². The number of para-hydroxylation sites is 1. The van der Waals surface area contributed by atoms with Gasteiger partial charge in [0.15, 0.2) is 5.82 Å². The highest BCUT2D eigenvalue weighted by Gasteiger charge is 2.15. The van der Waals surface area contributed by atoms with Crippen LogP contribution in [0.4, 0.5) is 5.82 Å². The van der Waals surface area contributed by atoms with E-state index in [9.17, 15) is 4.79 Å². The first-order valence-electron chi connectivity index (χ1n) is 7.74. The van der Waals surface area contributed by atoms with E-state index in [0.717, 1.165) is 26.9 Å². The van der Waals surface area contributed by atoms with Crippen molar-refractivity contribution in [1.82, 2.24) is 15.2 Å². The van der Waals surface area contributed by atoms with E-state index in [4.69, 9.17) is 4.74 Å². The first-order chi connectivity index (χ1) is 12.7. The van der Waals surface area contributed by atoms with Gasteiger partial charge in [-0.05, 0) is 23.6 Å². The van der Waals surface area contributed by atoms with Crippen LogP contribution in [0.3, 0.4) is 0 Å². The maximum absolute atomic E-state index is 12.4. The summed E-state index contributed by atoms with van der Waals surface area (Å²) >= 11 is 3.04. The molecule has 1 aromatic carbocycles. The molecular weight excluding hydrogens is 368 g/mol. The van der Waals surface area contributed by atoms with Crippen LogP contribution in [0.5, 0.6) is 5.75 Å². The number of H-pyrrole nitrogens is 1. The predicted octanol–water partition coefficient (Wildman–Crippen LogP) is 4.52. The van der Waals surface area contributed by atoms with Crippen molar-refractivity contribution < 1.29 is 9.53 Å². The van der Waals surface area contributed by atoms with Crippen molar-refractivity contribution in [2.45, 2.75) is 0 Å². The standard InChI is InChI=1S/C18H14N4O2S2/c1-24-14-6-3-2-5-11(14)12-9-16(22-21-12)20-17(23)13-10-26-18(19-13)15-7-4-8-25-15/h2-10H,1H3,(H2,20,21,22,23). The molecule has 0 saturated carbocycles. The highest BCUT2D eigenvalue weighted by Crippen LogP contribution is 2.30. The maximum atomic E-state index is 12.4. The molecule has 3 heterocycles. The zero-order valence-corrected chi connectivity index (χ0v) is 15.4. The fourth-order valence-electron chi connectivity index (χ4n) is 2.46. The molecule has 4 rings (SSSR count). The number of carbonyl (C=O) groups excluding carboxylic acids is 1. The smallest absolute Gasteiger partial charge is 0.276 e. The second kappa shape index (κ2) is 7.11. The molecule has 6 nitrogen and oxygen atoms in total. The third-order valence-electron chi connectivity index (χ3n) is 3.69. The van der Waals surface area contributed by atoms with Crippen molar-refractivity contribution >= 4 is 34.4 Å². The lowest BCUT2D eigenvalue weighted by Crippen LogP contribution is -2.12. The van der Waals surface area contributed by atoms with Gasteiger partial charge in [0.05, 0.1) is 17.7 Å². The summed E-state index contributed by atoms with van der Waals surface area (Å²) in [5.74, 6) is 0.873. The van der Waals surface area contributed by atoms with Crippen LogP contribution in [0.1, 0.15) is 10.5 Å². The molecule has 0 spiro atoms. The van der Waals surface area contributed by atoms with Gasteiger partial charge in [0.1, 0.15) is 16.5 Å². The molecule has 26 heavy (non-hydrogen) atoms. The van der Waals surface area contributed by atoms with Gasteiger partial charge in [-0.25, -0.2) is 4.98 Å². The van der Waals surface area contributed by atoms with Crippen molar-refractivity contribution in [3.05, 3.63) is 58.9 Å². The summed E-state index contributed by atoms with van der Waals surface area (Å²) in [5.41, 5.74) is 2.01. The first kappa shape index (κ1) is 16.5. The Labute approximate surface area is 157 Å². The fraction of sp³-hybridized carbons (Fsp3) is 0.0556. The Kier molecular flexibility index (Phi) is 4.51. The normalized spacial score (nSPS) is 10.7. The molecule has 4 aromatic rings.